The Balaban J connectivity index is 1.77. The van der Waals surface area contributed by atoms with Crippen molar-refractivity contribution < 1.29 is 14.3 Å². The van der Waals surface area contributed by atoms with Crippen LogP contribution in [0.1, 0.15) is 23.2 Å². The number of benzene rings is 1. The van der Waals surface area contributed by atoms with Gasteiger partial charge in [0.15, 0.2) is 0 Å². The van der Waals surface area contributed by atoms with E-state index in [2.05, 4.69) is 0 Å². The first-order chi connectivity index (χ1) is 8.76. The van der Waals surface area contributed by atoms with Crippen molar-refractivity contribution in [2.45, 2.75) is 25.0 Å². The minimum Gasteiger partial charge on any atom is -0.497 e. The molecule has 1 amide bonds. The number of morpholine rings is 1. The van der Waals surface area contributed by atoms with Crippen LogP contribution in [0.3, 0.4) is 0 Å². The number of ether oxygens (including phenoxy) is 2. The van der Waals surface area contributed by atoms with E-state index in [1.165, 1.54) is 0 Å². The lowest BCUT2D eigenvalue weighted by molar-refractivity contribution is -0.0303. The van der Waals surface area contributed by atoms with Gasteiger partial charge in [-0.3, -0.25) is 4.79 Å². The molecule has 2 aliphatic heterocycles. The van der Waals surface area contributed by atoms with E-state index < -0.39 is 0 Å². The van der Waals surface area contributed by atoms with E-state index >= 15 is 0 Å². The lowest BCUT2D eigenvalue weighted by Crippen LogP contribution is -2.45. The van der Waals surface area contributed by atoms with Gasteiger partial charge in [0.2, 0.25) is 0 Å². The summed E-state index contributed by atoms with van der Waals surface area (Å²) in [5.74, 6) is 0.797. The minimum atomic E-state index is 0.0779. The highest BCUT2D eigenvalue weighted by Crippen LogP contribution is 2.27. The van der Waals surface area contributed by atoms with Crippen molar-refractivity contribution in [1.82, 2.24) is 4.90 Å². The smallest absolute Gasteiger partial charge is 0.254 e. The zero-order chi connectivity index (χ0) is 12.5. The molecule has 4 nitrogen and oxygen atoms in total. The van der Waals surface area contributed by atoms with E-state index in [-0.39, 0.29) is 18.1 Å². The number of nitrogens with zero attached hydrogens (tertiary/aromatic N) is 1. The van der Waals surface area contributed by atoms with Crippen LogP contribution in [-0.2, 0) is 4.74 Å². The van der Waals surface area contributed by atoms with Gasteiger partial charge in [-0.15, -0.1) is 0 Å². The highest BCUT2D eigenvalue weighted by Gasteiger charge is 2.35. The highest BCUT2D eigenvalue weighted by atomic mass is 16.5. The summed E-state index contributed by atoms with van der Waals surface area (Å²) in [5, 5.41) is 0. The first kappa shape index (κ1) is 11.5. The van der Waals surface area contributed by atoms with Gasteiger partial charge >= 0.3 is 0 Å². The maximum Gasteiger partial charge on any atom is 0.254 e. The standard InChI is InChI=1S/C14H17NO3/c1-17-11-4-2-3-10(7-11)14(16)15-8-12-5-6-13(9-15)18-12/h2-4,7,12-13H,5-6,8-9H2,1H3. The molecule has 0 N–H and O–H groups in total. The predicted molar refractivity (Wildman–Crippen MR) is 66.8 cm³/mol. The Morgan fingerprint density at radius 2 is 2.06 bits per heavy atom. The average Bonchev–Trinajstić information content (AvgIpc) is 2.76. The first-order valence-corrected chi connectivity index (χ1v) is 6.35. The largest absolute Gasteiger partial charge is 0.497 e. The molecule has 1 aromatic carbocycles. The van der Waals surface area contributed by atoms with Crippen molar-refractivity contribution in [2.24, 2.45) is 0 Å². The Hall–Kier alpha value is -1.55. The number of methoxy groups -OCH3 is 1. The van der Waals surface area contributed by atoms with E-state index in [4.69, 9.17) is 9.47 Å². The molecule has 2 bridgehead atoms. The lowest BCUT2D eigenvalue weighted by Gasteiger charge is -2.32. The Kier molecular flexibility index (Phi) is 2.96. The number of fused-ring (bicyclic) bond motifs is 2. The molecule has 2 fully saturated rings. The zero-order valence-electron chi connectivity index (χ0n) is 10.5. The normalized spacial score (nSPS) is 26.2. The molecule has 3 rings (SSSR count). The van der Waals surface area contributed by atoms with E-state index in [9.17, 15) is 4.79 Å². The van der Waals surface area contributed by atoms with Crippen LogP contribution in [-0.4, -0.2) is 43.2 Å². The summed E-state index contributed by atoms with van der Waals surface area (Å²) < 4.78 is 10.9. The van der Waals surface area contributed by atoms with Gasteiger partial charge in [-0.1, -0.05) is 6.07 Å². The molecule has 0 radical (unpaired) electrons. The van der Waals surface area contributed by atoms with Gasteiger partial charge in [0.1, 0.15) is 5.75 Å². The van der Waals surface area contributed by atoms with Crippen LogP contribution in [0.4, 0.5) is 0 Å². The maximum atomic E-state index is 12.4. The van der Waals surface area contributed by atoms with Gasteiger partial charge in [-0.05, 0) is 31.0 Å². The second-order valence-electron chi connectivity index (χ2n) is 4.90. The summed E-state index contributed by atoms with van der Waals surface area (Å²) >= 11 is 0. The second kappa shape index (κ2) is 4.61. The molecule has 96 valence electrons. The number of hydrogen-bond donors (Lipinski definition) is 0. The van der Waals surface area contributed by atoms with Crippen LogP contribution >= 0.6 is 0 Å². The topological polar surface area (TPSA) is 38.8 Å². The molecule has 0 aliphatic carbocycles. The molecule has 2 saturated heterocycles. The van der Waals surface area contributed by atoms with Gasteiger partial charge in [-0.25, -0.2) is 0 Å². The number of carbonyl (C=O) groups is 1. The SMILES string of the molecule is COc1cccc(C(=O)N2CC3CCC(C2)O3)c1. The molecule has 2 atom stereocenters. The number of hydrogen-bond acceptors (Lipinski definition) is 3. The summed E-state index contributed by atoms with van der Waals surface area (Å²) in [6, 6.07) is 7.32. The number of likely N-dealkylation sites (tertiary alicyclic amines) is 1. The van der Waals surface area contributed by atoms with Crippen LogP contribution in [0.25, 0.3) is 0 Å². The third-order valence-corrected chi connectivity index (χ3v) is 3.65. The molecule has 18 heavy (non-hydrogen) atoms. The third kappa shape index (κ3) is 2.08. The number of rotatable bonds is 2. The second-order valence-corrected chi connectivity index (χ2v) is 4.90. The fourth-order valence-electron chi connectivity index (χ4n) is 2.72. The summed E-state index contributed by atoms with van der Waals surface area (Å²) in [5.41, 5.74) is 0.690. The van der Waals surface area contributed by atoms with Crippen molar-refractivity contribution in [3.63, 3.8) is 0 Å². The quantitative estimate of drug-likeness (QED) is 0.798. The monoisotopic (exact) mass is 247 g/mol. The van der Waals surface area contributed by atoms with Crippen molar-refractivity contribution in [1.29, 1.82) is 0 Å². The predicted octanol–water partition coefficient (Wildman–Crippen LogP) is 1.70. The van der Waals surface area contributed by atoms with E-state index in [0.29, 0.717) is 18.7 Å². The summed E-state index contributed by atoms with van der Waals surface area (Å²) in [6.45, 7) is 1.43. The number of amides is 1. The summed E-state index contributed by atoms with van der Waals surface area (Å²) in [6.07, 6.45) is 2.62. The van der Waals surface area contributed by atoms with Gasteiger partial charge in [0, 0.05) is 18.7 Å². The molecule has 4 heteroatoms. The van der Waals surface area contributed by atoms with Crippen molar-refractivity contribution in [3.05, 3.63) is 29.8 Å². The first-order valence-electron chi connectivity index (χ1n) is 6.35. The Bertz CT molecular complexity index is 448. The maximum absolute atomic E-state index is 12.4. The third-order valence-electron chi connectivity index (χ3n) is 3.65. The van der Waals surface area contributed by atoms with Gasteiger partial charge in [0.05, 0.1) is 19.3 Å². The van der Waals surface area contributed by atoms with Gasteiger partial charge in [0.25, 0.3) is 5.91 Å². The fraction of sp³-hybridized carbons (Fsp3) is 0.500. The molecule has 2 heterocycles. The molecule has 2 unspecified atom stereocenters. The molecular weight excluding hydrogens is 230 g/mol. The molecular formula is C14H17NO3. The fourth-order valence-corrected chi connectivity index (χ4v) is 2.72. The average molecular weight is 247 g/mol. The molecule has 0 saturated carbocycles. The number of carbonyl (C=O) groups excluding carboxylic acids is 1. The lowest BCUT2D eigenvalue weighted by atomic mass is 10.1. The van der Waals surface area contributed by atoms with Crippen molar-refractivity contribution >= 4 is 5.91 Å². The van der Waals surface area contributed by atoms with Crippen LogP contribution in [0.2, 0.25) is 0 Å². The van der Waals surface area contributed by atoms with E-state index in [0.717, 1.165) is 18.6 Å². The molecule has 2 aliphatic rings. The van der Waals surface area contributed by atoms with Crippen molar-refractivity contribution in [2.75, 3.05) is 20.2 Å². The van der Waals surface area contributed by atoms with Crippen LogP contribution in [0.15, 0.2) is 24.3 Å². The highest BCUT2D eigenvalue weighted by molar-refractivity contribution is 5.94. The molecule has 0 aromatic heterocycles. The van der Waals surface area contributed by atoms with Crippen LogP contribution in [0, 0.1) is 0 Å². The zero-order valence-corrected chi connectivity index (χ0v) is 10.5. The van der Waals surface area contributed by atoms with Crippen molar-refractivity contribution in [3.8, 4) is 5.75 Å². The summed E-state index contributed by atoms with van der Waals surface area (Å²) in [7, 11) is 1.61. The van der Waals surface area contributed by atoms with Crippen LogP contribution < -0.4 is 4.74 Å². The van der Waals surface area contributed by atoms with E-state index in [1.54, 1.807) is 13.2 Å². The Labute approximate surface area is 106 Å². The molecule has 1 aromatic rings. The van der Waals surface area contributed by atoms with Gasteiger partial charge in [-0.2, -0.15) is 0 Å². The summed E-state index contributed by atoms with van der Waals surface area (Å²) in [4.78, 5) is 14.3. The Morgan fingerprint density at radius 3 is 2.72 bits per heavy atom. The van der Waals surface area contributed by atoms with E-state index in [1.807, 2.05) is 23.1 Å². The van der Waals surface area contributed by atoms with Crippen LogP contribution in [0.5, 0.6) is 5.75 Å². The van der Waals surface area contributed by atoms with Gasteiger partial charge < -0.3 is 14.4 Å². The Morgan fingerprint density at radius 1 is 1.33 bits per heavy atom. The minimum absolute atomic E-state index is 0.0779. The molecule has 0 spiro atoms.